The first kappa shape index (κ1) is 5.82. The Morgan fingerprint density at radius 1 is 1.70 bits per heavy atom. The largest absolute Gasteiger partial charge is 0.363 e. The lowest BCUT2D eigenvalue weighted by Gasteiger charge is -1.98. The Kier molecular flexibility index (Phi) is 1.19. The molecule has 1 unspecified atom stereocenters. The molecule has 1 aliphatic rings. The highest BCUT2D eigenvalue weighted by atomic mass is 16.6. The zero-order valence-corrected chi connectivity index (χ0v) is 5.32. The molecule has 3 heteroatoms. The van der Waals surface area contributed by atoms with Crippen molar-refractivity contribution in [3.05, 3.63) is 29.6 Å². The fourth-order valence-electron chi connectivity index (χ4n) is 1.04. The van der Waals surface area contributed by atoms with E-state index < -0.39 is 6.29 Å². The molecular formula is C7H7NO2. The van der Waals surface area contributed by atoms with Crippen LogP contribution < -0.4 is 0 Å². The number of aromatic nitrogens is 1. The number of nitrogens with zero attached hydrogens (tertiary/aromatic N) is 1. The van der Waals surface area contributed by atoms with Gasteiger partial charge >= 0.3 is 0 Å². The average molecular weight is 137 g/mol. The number of pyridine rings is 1. The molecule has 0 bridgehead atoms. The molecule has 0 aromatic carbocycles. The van der Waals surface area contributed by atoms with E-state index in [1.807, 2.05) is 12.1 Å². The Labute approximate surface area is 58.3 Å². The van der Waals surface area contributed by atoms with Crippen LogP contribution in [0.25, 0.3) is 0 Å². The lowest BCUT2D eigenvalue weighted by Crippen LogP contribution is -1.94. The van der Waals surface area contributed by atoms with Crippen molar-refractivity contribution in [1.82, 2.24) is 4.98 Å². The van der Waals surface area contributed by atoms with Crippen molar-refractivity contribution in [3.8, 4) is 0 Å². The van der Waals surface area contributed by atoms with E-state index in [1.54, 1.807) is 6.20 Å². The van der Waals surface area contributed by atoms with Crippen LogP contribution >= 0.6 is 0 Å². The van der Waals surface area contributed by atoms with Crippen LogP contribution in [0.2, 0.25) is 0 Å². The van der Waals surface area contributed by atoms with Gasteiger partial charge in [0, 0.05) is 11.8 Å². The summed E-state index contributed by atoms with van der Waals surface area (Å²) in [4.78, 5) is 3.97. The third-order valence-corrected chi connectivity index (χ3v) is 1.56. The summed E-state index contributed by atoms with van der Waals surface area (Å²) in [6.07, 6.45) is 0.840. The fraction of sp³-hybridized carbons (Fsp3) is 0.286. The molecule has 0 amide bonds. The van der Waals surface area contributed by atoms with E-state index in [1.165, 1.54) is 0 Å². The van der Waals surface area contributed by atoms with Crippen LogP contribution in [0.3, 0.4) is 0 Å². The first-order valence-corrected chi connectivity index (χ1v) is 3.11. The van der Waals surface area contributed by atoms with Gasteiger partial charge in [-0.15, -0.1) is 0 Å². The van der Waals surface area contributed by atoms with Crippen LogP contribution in [0.4, 0.5) is 0 Å². The predicted octanol–water partition coefficient (Wildman–Crippen LogP) is 0.603. The van der Waals surface area contributed by atoms with E-state index >= 15 is 0 Å². The number of hydrogen-bond acceptors (Lipinski definition) is 3. The van der Waals surface area contributed by atoms with E-state index in [-0.39, 0.29) is 0 Å². The van der Waals surface area contributed by atoms with Crippen LogP contribution in [-0.4, -0.2) is 10.1 Å². The van der Waals surface area contributed by atoms with Crippen molar-refractivity contribution in [3.63, 3.8) is 0 Å². The molecule has 10 heavy (non-hydrogen) atoms. The molecule has 1 aromatic rings. The van der Waals surface area contributed by atoms with Crippen molar-refractivity contribution >= 4 is 0 Å². The van der Waals surface area contributed by atoms with Crippen LogP contribution in [0.1, 0.15) is 17.5 Å². The topological polar surface area (TPSA) is 42.4 Å². The molecule has 0 saturated heterocycles. The van der Waals surface area contributed by atoms with Gasteiger partial charge in [0.2, 0.25) is 0 Å². The van der Waals surface area contributed by atoms with Crippen molar-refractivity contribution in [2.45, 2.75) is 12.9 Å². The summed E-state index contributed by atoms with van der Waals surface area (Å²) in [5.74, 6) is 0. The van der Waals surface area contributed by atoms with Gasteiger partial charge in [0.15, 0.2) is 6.29 Å². The Balaban J connectivity index is 2.51. The van der Waals surface area contributed by atoms with Crippen molar-refractivity contribution in [2.24, 2.45) is 0 Å². The Morgan fingerprint density at radius 3 is 3.40 bits per heavy atom. The summed E-state index contributed by atoms with van der Waals surface area (Å²) < 4.78 is 4.92. The second-order valence-corrected chi connectivity index (χ2v) is 2.21. The van der Waals surface area contributed by atoms with Gasteiger partial charge in [0.1, 0.15) is 5.69 Å². The van der Waals surface area contributed by atoms with E-state index in [4.69, 9.17) is 9.84 Å². The van der Waals surface area contributed by atoms with Crippen LogP contribution in [0, 0.1) is 0 Å². The smallest absolute Gasteiger partial charge is 0.199 e. The van der Waals surface area contributed by atoms with E-state index in [0.29, 0.717) is 12.3 Å². The van der Waals surface area contributed by atoms with Crippen molar-refractivity contribution in [1.29, 1.82) is 0 Å². The maximum atomic E-state index is 9.10. The SMILES string of the molecule is OC1OCc2cccnc21. The minimum absolute atomic E-state index is 0.477. The van der Waals surface area contributed by atoms with E-state index in [0.717, 1.165) is 5.56 Å². The predicted molar refractivity (Wildman–Crippen MR) is 34.0 cm³/mol. The normalized spacial score (nSPS) is 22.7. The lowest BCUT2D eigenvalue weighted by molar-refractivity contribution is -0.0938. The van der Waals surface area contributed by atoms with E-state index in [2.05, 4.69) is 4.98 Å². The van der Waals surface area contributed by atoms with Gasteiger partial charge in [-0.25, -0.2) is 0 Å². The summed E-state index contributed by atoms with van der Waals surface area (Å²) in [5, 5.41) is 9.10. The monoisotopic (exact) mass is 137 g/mol. The molecule has 52 valence electrons. The van der Waals surface area contributed by atoms with Crippen LogP contribution in [0.15, 0.2) is 18.3 Å². The molecule has 0 saturated carbocycles. The Hall–Kier alpha value is -0.930. The molecule has 3 nitrogen and oxygen atoms in total. The summed E-state index contributed by atoms with van der Waals surface area (Å²) >= 11 is 0. The minimum Gasteiger partial charge on any atom is -0.363 e. The van der Waals surface area contributed by atoms with Gasteiger partial charge in [-0.3, -0.25) is 4.98 Å². The molecule has 2 rings (SSSR count). The maximum Gasteiger partial charge on any atom is 0.199 e. The number of aliphatic hydroxyl groups is 1. The highest BCUT2D eigenvalue weighted by molar-refractivity contribution is 5.22. The van der Waals surface area contributed by atoms with Gasteiger partial charge < -0.3 is 9.84 Å². The molecule has 1 aliphatic heterocycles. The summed E-state index contributed by atoms with van der Waals surface area (Å²) in [7, 11) is 0. The molecule has 1 atom stereocenters. The first-order valence-electron chi connectivity index (χ1n) is 3.11. The fourth-order valence-corrected chi connectivity index (χ4v) is 1.04. The van der Waals surface area contributed by atoms with Gasteiger partial charge in [0.25, 0.3) is 0 Å². The second-order valence-electron chi connectivity index (χ2n) is 2.21. The quantitative estimate of drug-likeness (QED) is 0.569. The van der Waals surface area contributed by atoms with Crippen LogP contribution in [-0.2, 0) is 11.3 Å². The summed E-state index contributed by atoms with van der Waals surface area (Å²) in [6, 6.07) is 3.73. The molecule has 2 heterocycles. The zero-order valence-electron chi connectivity index (χ0n) is 5.32. The second kappa shape index (κ2) is 2.04. The average Bonchev–Trinajstić information content (AvgIpc) is 2.34. The van der Waals surface area contributed by atoms with Crippen molar-refractivity contribution in [2.75, 3.05) is 0 Å². The van der Waals surface area contributed by atoms with Gasteiger partial charge in [-0.1, -0.05) is 6.07 Å². The number of aliphatic hydroxyl groups excluding tert-OH is 1. The lowest BCUT2D eigenvalue weighted by atomic mass is 10.2. The van der Waals surface area contributed by atoms with E-state index in [9.17, 15) is 0 Å². The minimum atomic E-state index is -0.809. The highest BCUT2D eigenvalue weighted by Crippen LogP contribution is 2.25. The third-order valence-electron chi connectivity index (χ3n) is 1.56. The zero-order chi connectivity index (χ0) is 6.97. The summed E-state index contributed by atoms with van der Waals surface area (Å²) in [6.45, 7) is 0.477. The number of fused-ring (bicyclic) bond motifs is 1. The molecule has 1 aromatic heterocycles. The maximum absolute atomic E-state index is 9.10. The number of hydrogen-bond donors (Lipinski definition) is 1. The van der Waals surface area contributed by atoms with Crippen LogP contribution in [0.5, 0.6) is 0 Å². The van der Waals surface area contributed by atoms with Gasteiger partial charge in [0.05, 0.1) is 6.61 Å². The van der Waals surface area contributed by atoms with Gasteiger partial charge in [-0.05, 0) is 6.07 Å². The van der Waals surface area contributed by atoms with Crippen molar-refractivity contribution < 1.29 is 9.84 Å². The molecule has 0 aliphatic carbocycles. The third kappa shape index (κ3) is 0.716. The number of ether oxygens (including phenoxy) is 1. The standard InChI is InChI=1S/C7H7NO2/c9-7-6-5(4-10-7)2-1-3-8-6/h1-3,7,9H,4H2. The number of rotatable bonds is 0. The molecular weight excluding hydrogens is 130 g/mol. The Bertz CT molecular complexity index is 249. The molecule has 0 radical (unpaired) electrons. The molecule has 1 N–H and O–H groups in total. The highest BCUT2D eigenvalue weighted by Gasteiger charge is 2.20. The summed E-state index contributed by atoms with van der Waals surface area (Å²) in [5.41, 5.74) is 1.64. The van der Waals surface area contributed by atoms with Gasteiger partial charge in [-0.2, -0.15) is 0 Å². The Morgan fingerprint density at radius 2 is 2.60 bits per heavy atom. The first-order chi connectivity index (χ1) is 4.88. The molecule has 0 spiro atoms. The molecule has 0 fully saturated rings.